The van der Waals surface area contributed by atoms with Crippen LogP contribution in [0.2, 0.25) is 0 Å². The van der Waals surface area contributed by atoms with Gasteiger partial charge in [0.15, 0.2) is 0 Å². The van der Waals surface area contributed by atoms with Crippen LogP contribution >= 0.6 is 0 Å². The van der Waals surface area contributed by atoms with Crippen LogP contribution in [0.3, 0.4) is 0 Å². The van der Waals surface area contributed by atoms with Crippen LogP contribution in [0.4, 0.5) is 0 Å². The predicted octanol–water partition coefficient (Wildman–Crippen LogP) is 1.53. The lowest BCUT2D eigenvalue weighted by atomic mass is 9.90. The molecule has 2 unspecified atom stereocenters. The summed E-state index contributed by atoms with van der Waals surface area (Å²) in [5.41, 5.74) is 7.97. The van der Waals surface area contributed by atoms with E-state index in [4.69, 9.17) is 5.73 Å². The lowest BCUT2D eigenvalue weighted by molar-refractivity contribution is 0.0639. The molecule has 2 heterocycles. The average molecular weight is 249 g/mol. The summed E-state index contributed by atoms with van der Waals surface area (Å²) in [4.78, 5) is 14.4. The molecule has 0 aliphatic carbocycles. The highest BCUT2D eigenvalue weighted by atomic mass is 16.2. The zero-order valence-corrected chi connectivity index (χ0v) is 11.5. The van der Waals surface area contributed by atoms with Crippen molar-refractivity contribution >= 4 is 5.91 Å². The molecule has 0 aromatic carbocycles. The van der Waals surface area contributed by atoms with Crippen molar-refractivity contribution in [2.75, 3.05) is 13.1 Å². The number of hydrogen-bond donors (Lipinski definition) is 1. The molecule has 1 aromatic heterocycles. The molecule has 2 atom stereocenters. The Morgan fingerprint density at radius 2 is 2.22 bits per heavy atom. The van der Waals surface area contributed by atoms with E-state index in [0.717, 1.165) is 37.3 Å². The Bertz CT molecular complexity index is 438. The largest absolute Gasteiger partial charge is 0.344 e. The molecule has 1 aliphatic rings. The Balaban J connectivity index is 2.12. The van der Waals surface area contributed by atoms with Gasteiger partial charge in [-0.1, -0.05) is 13.3 Å². The van der Waals surface area contributed by atoms with Gasteiger partial charge in [0.25, 0.3) is 5.91 Å². The molecule has 0 saturated carbocycles. The second-order valence-corrected chi connectivity index (χ2v) is 5.29. The third-order valence-corrected chi connectivity index (χ3v) is 4.20. The van der Waals surface area contributed by atoms with E-state index < -0.39 is 0 Å². The van der Waals surface area contributed by atoms with Crippen molar-refractivity contribution < 1.29 is 4.79 Å². The van der Waals surface area contributed by atoms with Crippen LogP contribution in [0.5, 0.6) is 0 Å². The van der Waals surface area contributed by atoms with Crippen molar-refractivity contribution in [3.8, 4) is 0 Å². The first kappa shape index (κ1) is 13.1. The highest BCUT2D eigenvalue weighted by Crippen LogP contribution is 2.20. The number of carbonyl (C=O) groups excluding carboxylic acids is 1. The van der Waals surface area contributed by atoms with Crippen LogP contribution in [-0.2, 0) is 7.05 Å². The van der Waals surface area contributed by atoms with E-state index in [2.05, 4.69) is 6.92 Å². The van der Waals surface area contributed by atoms with E-state index in [1.807, 2.05) is 35.6 Å². The molecular formula is C14H23N3O. The number of piperidine rings is 1. The van der Waals surface area contributed by atoms with E-state index in [1.165, 1.54) is 0 Å². The minimum absolute atomic E-state index is 0.135. The van der Waals surface area contributed by atoms with Gasteiger partial charge >= 0.3 is 0 Å². The van der Waals surface area contributed by atoms with Crippen LogP contribution < -0.4 is 5.73 Å². The Morgan fingerprint density at radius 3 is 2.78 bits per heavy atom. The van der Waals surface area contributed by atoms with Gasteiger partial charge in [0.05, 0.1) is 0 Å². The highest BCUT2D eigenvalue weighted by molar-refractivity contribution is 5.93. The number of hydrogen-bond acceptors (Lipinski definition) is 2. The molecule has 1 fully saturated rings. The summed E-state index contributed by atoms with van der Waals surface area (Å²) in [5.74, 6) is 0.569. The topological polar surface area (TPSA) is 51.3 Å². The van der Waals surface area contributed by atoms with Crippen LogP contribution in [-0.4, -0.2) is 34.5 Å². The fraction of sp³-hybridized carbons (Fsp3) is 0.643. The molecule has 1 aromatic rings. The van der Waals surface area contributed by atoms with E-state index in [9.17, 15) is 4.79 Å². The summed E-state index contributed by atoms with van der Waals surface area (Å²) in [6, 6.07) is 4.14. The third kappa shape index (κ3) is 2.29. The van der Waals surface area contributed by atoms with Crippen molar-refractivity contribution in [3.05, 3.63) is 23.5 Å². The molecule has 0 bridgehead atoms. The van der Waals surface area contributed by atoms with Gasteiger partial charge in [-0.3, -0.25) is 4.79 Å². The molecule has 1 aliphatic heterocycles. The first-order chi connectivity index (χ1) is 8.54. The summed E-state index contributed by atoms with van der Waals surface area (Å²) in [5, 5.41) is 0. The number of rotatable bonds is 2. The van der Waals surface area contributed by atoms with Crippen LogP contribution in [0.25, 0.3) is 0 Å². The number of likely N-dealkylation sites (tertiary alicyclic amines) is 1. The maximum Gasteiger partial charge on any atom is 0.270 e. The zero-order chi connectivity index (χ0) is 13.3. The number of nitrogens with zero attached hydrogens (tertiary/aromatic N) is 2. The molecule has 4 nitrogen and oxygen atoms in total. The standard InChI is InChI=1S/C14H23N3O/c1-4-11-9-17(8-7-12(11)15)14(18)13-6-5-10(2)16(13)3/h5-6,11-12H,4,7-9,15H2,1-3H3. The van der Waals surface area contributed by atoms with Crippen molar-refractivity contribution in [1.82, 2.24) is 9.47 Å². The first-order valence-corrected chi connectivity index (χ1v) is 6.71. The fourth-order valence-corrected chi connectivity index (χ4v) is 2.66. The van der Waals surface area contributed by atoms with Crippen molar-refractivity contribution in [2.45, 2.75) is 32.7 Å². The minimum Gasteiger partial charge on any atom is -0.344 e. The smallest absolute Gasteiger partial charge is 0.270 e. The molecule has 0 radical (unpaired) electrons. The van der Waals surface area contributed by atoms with Gasteiger partial charge in [-0.05, 0) is 31.4 Å². The number of amides is 1. The molecule has 2 N–H and O–H groups in total. The van der Waals surface area contributed by atoms with E-state index in [1.54, 1.807) is 0 Å². The third-order valence-electron chi connectivity index (χ3n) is 4.20. The van der Waals surface area contributed by atoms with Crippen molar-refractivity contribution in [3.63, 3.8) is 0 Å². The maximum absolute atomic E-state index is 12.5. The Hall–Kier alpha value is -1.29. The second-order valence-electron chi connectivity index (χ2n) is 5.29. The summed E-state index contributed by atoms with van der Waals surface area (Å²) < 4.78 is 1.96. The molecule has 1 amide bonds. The first-order valence-electron chi connectivity index (χ1n) is 6.71. The monoisotopic (exact) mass is 249 g/mol. The van der Waals surface area contributed by atoms with Gasteiger partial charge in [0.2, 0.25) is 0 Å². The molecule has 4 heteroatoms. The summed E-state index contributed by atoms with van der Waals surface area (Å²) in [6.45, 7) is 5.73. The molecule has 18 heavy (non-hydrogen) atoms. The number of aryl methyl sites for hydroxylation is 1. The van der Waals surface area contributed by atoms with Crippen LogP contribution in [0.15, 0.2) is 12.1 Å². The number of nitrogens with two attached hydrogens (primary N) is 1. The van der Waals surface area contributed by atoms with Gasteiger partial charge in [0.1, 0.15) is 5.69 Å². The lowest BCUT2D eigenvalue weighted by Crippen LogP contribution is -2.49. The Labute approximate surface area is 109 Å². The van der Waals surface area contributed by atoms with Crippen LogP contribution in [0, 0.1) is 12.8 Å². The predicted molar refractivity (Wildman–Crippen MR) is 72.4 cm³/mol. The van der Waals surface area contributed by atoms with E-state index >= 15 is 0 Å². The molecule has 100 valence electrons. The van der Waals surface area contributed by atoms with Gasteiger partial charge in [-0.15, -0.1) is 0 Å². The Kier molecular flexibility index (Phi) is 3.76. The van der Waals surface area contributed by atoms with Crippen molar-refractivity contribution in [1.29, 1.82) is 0 Å². The SMILES string of the molecule is CCC1CN(C(=O)c2ccc(C)n2C)CCC1N. The quantitative estimate of drug-likeness (QED) is 0.864. The van der Waals surface area contributed by atoms with E-state index in [-0.39, 0.29) is 11.9 Å². The summed E-state index contributed by atoms with van der Waals surface area (Å²) in [6.07, 6.45) is 1.95. The average Bonchev–Trinajstić information content (AvgIpc) is 2.70. The number of aromatic nitrogens is 1. The Morgan fingerprint density at radius 1 is 1.50 bits per heavy atom. The van der Waals surface area contributed by atoms with Gasteiger partial charge in [-0.2, -0.15) is 0 Å². The molecule has 1 saturated heterocycles. The van der Waals surface area contributed by atoms with Crippen LogP contribution in [0.1, 0.15) is 35.9 Å². The van der Waals surface area contributed by atoms with Gasteiger partial charge < -0.3 is 15.2 Å². The van der Waals surface area contributed by atoms with E-state index in [0.29, 0.717) is 5.92 Å². The summed E-state index contributed by atoms with van der Waals surface area (Å²) in [7, 11) is 1.94. The molecule has 0 spiro atoms. The summed E-state index contributed by atoms with van der Waals surface area (Å²) >= 11 is 0. The number of carbonyl (C=O) groups is 1. The zero-order valence-electron chi connectivity index (χ0n) is 11.5. The maximum atomic E-state index is 12.5. The van der Waals surface area contributed by atoms with Gasteiger partial charge in [0, 0.05) is 31.9 Å². The highest BCUT2D eigenvalue weighted by Gasteiger charge is 2.29. The minimum atomic E-state index is 0.135. The second kappa shape index (κ2) is 5.14. The normalized spacial score (nSPS) is 24.3. The molecular weight excluding hydrogens is 226 g/mol. The lowest BCUT2D eigenvalue weighted by Gasteiger charge is -2.36. The molecule has 2 rings (SSSR count). The van der Waals surface area contributed by atoms with Gasteiger partial charge in [-0.25, -0.2) is 0 Å². The fourth-order valence-electron chi connectivity index (χ4n) is 2.66. The van der Waals surface area contributed by atoms with Crippen molar-refractivity contribution in [2.24, 2.45) is 18.7 Å².